The van der Waals surface area contributed by atoms with Gasteiger partial charge in [-0.15, -0.1) is 0 Å². The van der Waals surface area contributed by atoms with Crippen molar-refractivity contribution in [1.82, 2.24) is 4.90 Å². The highest BCUT2D eigenvalue weighted by Crippen LogP contribution is 2.25. The van der Waals surface area contributed by atoms with Gasteiger partial charge in [0.2, 0.25) is 0 Å². The highest BCUT2D eigenvalue weighted by Gasteiger charge is 2.29. The second-order valence-electron chi connectivity index (χ2n) is 4.76. The van der Waals surface area contributed by atoms with E-state index in [9.17, 15) is 0 Å². The number of nitrogens with two attached hydrogens (primary N) is 1. The second-order valence-corrected chi connectivity index (χ2v) is 5.19. The molecule has 2 N–H and O–H groups in total. The van der Waals surface area contributed by atoms with Crippen LogP contribution in [0.25, 0.3) is 0 Å². The van der Waals surface area contributed by atoms with Crippen molar-refractivity contribution in [3.8, 4) is 0 Å². The molecule has 0 saturated carbocycles. The van der Waals surface area contributed by atoms with Crippen LogP contribution in [0.1, 0.15) is 11.5 Å². The van der Waals surface area contributed by atoms with Crippen molar-refractivity contribution in [2.45, 2.75) is 12.0 Å². The Balaban J connectivity index is 2.01. The molecule has 1 aliphatic heterocycles. The molecule has 0 radical (unpaired) electrons. The molecule has 0 amide bonds. The summed E-state index contributed by atoms with van der Waals surface area (Å²) in [5, 5.41) is 0.739. The van der Waals surface area contributed by atoms with Crippen LogP contribution >= 0.6 is 11.6 Å². The molecule has 0 spiro atoms. The zero-order valence-electron chi connectivity index (χ0n) is 10.6. The van der Waals surface area contributed by atoms with Crippen LogP contribution in [0.3, 0.4) is 0 Å². The predicted octanol–water partition coefficient (Wildman–Crippen LogP) is 2.23. The quantitative estimate of drug-likeness (QED) is 0.888. The van der Waals surface area contributed by atoms with Gasteiger partial charge in [-0.05, 0) is 17.7 Å². The number of benzene rings is 1. The normalized spacial score (nSPS) is 18.3. The Labute approximate surface area is 113 Å². The van der Waals surface area contributed by atoms with Gasteiger partial charge in [0.15, 0.2) is 0 Å². The molecular weight excluding hydrogens is 248 g/mol. The van der Waals surface area contributed by atoms with Crippen molar-refractivity contribution in [2.75, 3.05) is 26.7 Å². The standard InChI is InChI=1S/C14H19ClN2O/c1-10(16)14(9-17-7-13(8-17)18-2)11-3-5-12(15)6-4-11/h3-6,13-14H,1,7-9,16H2,2H3/t14-/m0/s1. The molecule has 1 aromatic carbocycles. The summed E-state index contributed by atoms with van der Waals surface area (Å²) in [4.78, 5) is 2.32. The maximum absolute atomic E-state index is 5.92. The molecule has 2 rings (SSSR count). The van der Waals surface area contributed by atoms with Crippen LogP contribution in [-0.2, 0) is 4.74 Å². The summed E-state index contributed by atoms with van der Waals surface area (Å²) in [5.74, 6) is 0.153. The minimum Gasteiger partial charge on any atom is -0.402 e. The van der Waals surface area contributed by atoms with E-state index < -0.39 is 0 Å². The Kier molecular flexibility index (Phi) is 4.27. The molecule has 18 heavy (non-hydrogen) atoms. The number of rotatable bonds is 5. The van der Waals surface area contributed by atoms with Crippen LogP contribution in [0.15, 0.2) is 36.5 Å². The lowest BCUT2D eigenvalue weighted by molar-refractivity contribution is -0.0305. The maximum Gasteiger partial charge on any atom is 0.0824 e. The molecule has 1 atom stereocenters. The van der Waals surface area contributed by atoms with Crippen LogP contribution in [-0.4, -0.2) is 37.7 Å². The van der Waals surface area contributed by atoms with Gasteiger partial charge in [0.05, 0.1) is 6.10 Å². The maximum atomic E-state index is 5.92. The predicted molar refractivity (Wildman–Crippen MR) is 74.8 cm³/mol. The number of halogens is 1. The van der Waals surface area contributed by atoms with E-state index in [1.165, 1.54) is 0 Å². The Morgan fingerprint density at radius 1 is 1.50 bits per heavy atom. The number of likely N-dealkylation sites (tertiary alicyclic amines) is 1. The van der Waals surface area contributed by atoms with Crippen molar-refractivity contribution in [3.05, 3.63) is 47.1 Å². The first-order chi connectivity index (χ1) is 8.60. The molecule has 4 heteroatoms. The first kappa shape index (κ1) is 13.4. The fraction of sp³-hybridized carbons (Fsp3) is 0.429. The topological polar surface area (TPSA) is 38.5 Å². The van der Waals surface area contributed by atoms with E-state index in [0.717, 1.165) is 30.2 Å². The fourth-order valence-electron chi connectivity index (χ4n) is 2.21. The minimum atomic E-state index is 0.153. The van der Waals surface area contributed by atoms with E-state index in [2.05, 4.69) is 11.5 Å². The lowest BCUT2D eigenvalue weighted by Gasteiger charge is -2.40. The molecule has 98 valence electrons. The van der Waals surface area contributed by atoms with E-state index in [-0.39, 0.29) is 5.92 Å². The number of nitrogens with zero attached hydrogens (tertiary/aromatic N) is 1. The SMILES string of the molecule is C=C(N)[C@H](CN1CC(OC)C1)c1ccc(Cl)cc1. The summed E-state index contributed by atoms with van der Waals surface area (Å²) < 4.78 is 5.27. The average Bonchev–Trinajstić information content (AvgIpc) is 2.29. The smallest absolute Gasteiger partial charge is 0.0824 e. The Bertz CT molecular complexity index is 412. The highest BCUT2D eigenvalue weighted by atomic mass is 35.5. The first-order valence-corrected chi connectivity index (χ1v) is 6.43. The van der Waals surface area contributed by atoms with Crippen LogP contribution in [0.5, 0.6) is 0 Å². The van der Waals surface area contributed by atoms with Gasteiger partial charge in [0, 0.05) is 43.4 Å². The van der Waals surface area contributed by atoms with Crippen molar-refractivity contribution in [2.24, 2.45) is 5.73 Å². The van der Waals surface area contributed by atoms with E-state index in [1.54, 1.807) is 7.11 Å². The van der Waals surface area contributed by atoms with Crippen molar-refractivity contribution < 1.29 is 4.74 Å². The first-order valence-electron chi connectivity index (χ1n) is 6.05. The third kappa shape index (κ3) is 3.05. The fourth-order valence-corrected chi connectivity index (χ4v) is 2.34. The van der Waals surface area contributed by atoms with E-state index >= 15 is 0 Å². The molecular formula is C14H19ClN2O. The van der Waals surface area contributed by atoms with Gasteiger partial charge in [-0.3, -0.25) is 4.90 Å². The molecule has 0 aromatic heterocycles. The molecule has 1 aromatic rings. The lowest BCUT2D eigenvalue weighted by atomic mass is 9.94. The van der Waals surface area contributed by atoms with Gasteiger partial charge in [0.25, 0.3) is 0 Å². The van der Waals surface area contributed by atoms with E-state index in [1.807, 2.05) is 24.3 Å². The minimum absolute atomic E-state index is 0.153. The van der Waals surface area contributed by atoms with Gasteiger partial charge < -0.3 is 10.5 Å². The molecule has 0 unspecified atom stereocenters. The zero-order valence-corrected chi connectivity index (χ0v) is 11.4. The molecule has 1 saturated heterocycles. The Hall–Kier alpha value is -1.03. The van der Waals surface area contributed by atoms with Gasteiger partial charge in [-0.25, -0.2) is 0 Å². The van der Waals surface area contributed by atoms with Gasteiger partial charge in [-0.2, -0.15) is 0 Å². The van der Waals surface area contributed by atoms with E-state index in [4.69, 9.17) is 22.1 Å². The molecule has 0 aliphatic carbocycles. The third-order valence-electron chi connectivity index (χ3n) is 3.42. The second kappa shape index (κ2) is 5.74. The number of methoxy groups -OCH3 is 1. The monoisotopic (exact) mass is 266 g/mol. The largest absolute Gasteiger partial charge is 0.402 e. The highest BCUT2D eigenvalue weighted by molar-refractivity contribution is 6.30. The molecule has 0 bridgehead atoms. The van der Waals surface area contributed by atoms with Crippen molar-refractivity contribution >= 4 is 11.6 Å². The average molecular weight is 267 g/mol. The van der Waals surface area contributed by atoms with Crippen LogP contribution in [0, 0.1) is 0 Å². The summed E-state index contributed by atoms with van der Waals surface area (Å²) in [6, 6.07) is 7.80. The zero-order chi connectivity index (χ0) is 13.1. The Morgan fingerprint density at radius 3 is 2.61 bits per heavy atom. The van der Waals surface area contributed by atoms with Gasteiger partial charge >= 0.3 is 0 Å². The lowest BCUT2D eigenvalue weighted by Crippen LogP contribution is -2.53. The van der Waals surface area contributed by atoms with Crippen LogP contribution in [0.4, 0.5) is 0 Å². The van der Waals surface area contributed by atoms with E-state index in [0.29, 0.717) is 11.8 Å². The molecule has 3 nitrogen and oxygen atoms in total. The summed E-state index contributed by atoms with van der Waals surface area (Å²) in [7, 11) is 1.75. The van der Waals surface area contributed by atoms with Crippen LogP contribution < -0.4 is 5.73 Å². The van der Waals surface area contributed by atoms with Crippen molar-refractivity contribution in [3.63, 3.8) is 0 Å². The van der Waals surface area contributed by atoms with Gasteiger partial charge in [0.1, 0.15) is 0 Å². The molecule has 1 fully saturated rings. The molecule has 1 aliphatic rings. The summed E-state index contributed by atoms with van der Waals surface area (Å²) in [5.41, 5.74) is 7.77. The summed E-state index contributed by atoms with van der Waals surface area (Å²) >= 11 is 5.90. The van der Waals surface area contributed by atoms with Gasteiger partial charge in [-0.1, -0.05) is 30.3 Å². The van der Waals surface area contributed by atoms with Crippen molar-refractivity contribution in [1.29, 1.82) is 0 Å². The van der Waals surface area contributed by atoms with Crippen LogP contribution in [0.2, 0.25) is 5.02 Å². The Morgan fingerprint density at radius 2 is 2.11 bits per heavy atom. The number of hydrogen-bond acceptors (Lipinski definition) is 3. The number of hydrogen-bond donors (Lipinski definition) is 1. The summed E-state index contributed by atoms with van der Waals surface area (Å²) in [6.45, 7) is 6.71. The summed E-state index contributed by atoms with van der Waals surface area (Å²) in [6.07, 6.45) is 0.363. The number of ether oxygens (including phenoxy) is 1. The molecule has 1 heterocycles. The third-order valence-corrected chi connectivity index (χ3v) is 3.67.